The lowest BCUT2D eigenvalue weighted by molar-refractivity contribution is 0.163. The molecule has 1 aliphatic heterocycles. The molecule has 30 heavy (non-hydrogen) atoms. The highest BCUT2D eigenvalue weighted by Gasteiger charge is 2.29. The second-order valence-electron chi connectivity index (χ2n) is 8.17. The summed E-state index contributed by atoms with van der Waals surface area (Å²) in [5.41, 5.74) is 4.14. The zero-order valence-electron chi connectivity index (χ0n) is 18.3. The molecule has 160 valence electrons. The molecule has 0 saturated carbocycles. The SMILES string of the molecule is CCCCC(c1nnnn1Cc1cccs1)N1CCN(c2cccc(C)c2C)CC1. The maximum atomic E-state index is 4.48. The smallest absolute Gasteiger partial charge is 0.168 e. The number of tetrazole rings is 1. The van der Waals surface area contributed by atoms with E-state index in [2.05, 4.69) is 81.8 Å². The molecule has 7 heteroatoms. The first kappa shape index (κ1) is 21.0. The fraction of sp³-hybridized carbons (Fsp3) is 0.522. The van der Waals surface area contributed by atoms with Crippen LogP contribution in [0.2, 0.25) is 0 Å². The molecule has 0 bridgehead atoms. The molecule has 6 nitrogen and oxygen atoms in total. The number of anilines is 1. The molecule has 1 fully saturated rings. The average Bonchev–Trinajstić information content (AvgIpc) is 3.44. The third-order valence-electron chi connectivity index (χ3n) is 6.25. The highest BCUT2D eigenvalue weighted by atomic mass is 32.1. The molecule has 2 aromatic heterocycles. The van der Waals surface area contributed by atoms with Crippen molar-refractivity contribution in [2.24, 2.45) is 0 Å². The molecular formula is C23H32N6S. The molecule has 1 atom stereocenters. The van der Waals surface area contributed by atoms with Gasteiger partial charge in [0.2, 0.25) is 0 Å². The lowest BCUT2D eigenvalue weighted by Gasteiger charge is -2.40. The summed E-state index contributed by atoms with van der Waals surface area (Å²) >= 11 is 1.76. The molecule has 1 saturated heterocycles. The van der Waals surface area contributed by atoms with Crippen molar-refractivity contribution in [2.75, 3.05) is 31.1 Å². The number of rotatable bonds is 8. The summed E-state index contributed by atoms with van der Waals surface area (Å²) in [4.78, 5) is 6.41. The minimum atomic E-state index is 0.278. The first-order chi connectivity index (χ1) is 14.7. The van der Waals surface area contributed by atoms with Gasteiger partial charge < -0.3 is 4.90 Å². The lowest BCUT2D eigenvalue weighted by atomic mass is 10.0. The van der Waals surface area contributed by atoms with Crippen LogP contribution in [-0.2, 0) is 6.54 Å². The molecule has 3 heterocycles. The zero-order valence-corrected chi connectivity index (χ0v) is 19.1. The van der Waals surface area contributed by atoms with Crippen LogP contribution in [0.5, 0.6) is 0 Å². The van der Waals surface area contributed by atoms with Gasteiger partial charge in [0.1, 0.15) is 0 Å². The summed E-state index contributed by atoms with van der Waals surface area (Å²) in [6.07, 6.45) is 3.48. The summed E-state index contributed by atoms with van der Waals surface area (Å²) in [5, 5.41) is 15.0. The van der Waals surface area contributed by atoms with Gasteiger partial charge in [-0.3, -0.25) is 4.90 Å². The summed E-state index contributed by atoms with van der Waals surface area (Å²) in [7, 11) is 0. The van der Waals surface area contributed by atoms with Gasteiger partial charge in [-0.15, -0.1) is 16.4 Å². The lowest BCUT2D eigenvalue weighted by Crippen LogP contribution is -2.48. The number of aromatic nitrogens is 4. The Hall–Kier alpha value is -2.25. The molecule has 0 amide bonds. The number of benzene rings is 1. The quantitative estimate of drug-likeness (QED) is 0.535. The first-order valence-electron chi connectivity index (χ1n) is 11.0. The zero-order chi connectivity index (χ0) is 20.9. The van der Waals surface area contributed by atoms with Crippen molar-refractivity contribution in [1.82, 2.24) is 25.1 Å². The van der Waals surface area contributed by atoms with Crippen molar-refractivity contribution in [3.8, 4) is 0 Å². The highest BCUT2D eigenvalue weighted by Crippen LogP contribution is 2.29. The minimum Gasteiger partial charge on any atom is -0.369 e. The molecular weight excluding hydrogens is 392 g/mol. The number of hydrogen-bond acceptors (Lipinski definition) is 6. The first-order valence-corrected chi connectivity index (χ1v) is 11.9. The summed E-state index contributed by atoms with van der Waals surface area (Å²) in [6.45, 7) is 11.6. The number of unbranched alkanes of at least 4 members (excludes halogenated alkanes) is 1. The van der Waals surface area contributed by atoms with Gasteiger partial charge in [0.05, 0.1) is 12.6 Å². The van der Waals surface area contributed by atoms with E-state index in [-0.39, 0.29) is 6.04 Å². The number of hydrogen-bond donors (Lipinski definition) is 0. The van der Waals surface area contributed by atoms with Crippen LogP contribution in [0.1, 0.15) is 54.1 Å². The molecule has 0 N–H and O–H groups in total. The van der Waals surface area contributed by atoms with Crippen LogP contribution in [0, 0.1) is 13.8 Å². The number of thiophene rings is 1. The van der Waals surface area contributed by atoms with Crippen LogP contribution in [0.15, 0.2) is 35.7 Å². The van der Waals surface area contributed by atoms with Crippen molar-refractivity contribution in [2.45, 2.75) is 52.6 Å². The van der Waals surface area contributed by atoms with Gasteiger partial charge in [-0.05, 0) is 59.3 Å². The van der Waals surface area contributed by atoms with Crippen molar-refractivity contribution in [3.05, 3.63) is 57.5 Å². The molecule has 1 unspecified atom stereocenters. The predicted molar refractivity (Wildman–Crippen MR) is 123 cm³/mol. The normalized spacial score (nSPS) is 16.2. The van der Waals surface area contributed by atoms with Crippen molar-refractivity contribution in [3.63, 3.8) is 0 Å². The fourth-order valence-electron chi connectivity index (χ4n) is 4.34. The Morgan fingerprint density at radius 3 is 2.63 bits per heavy atom. The maximum absolute atomic E-state index is 4.48. The third kappa shape index (κ3) is 4.57. The van der Waals surface area contributed by atoms with Crippen molar-refractivity contribution >= 4 is 17.0 Å². The molecule has 1 aromatic carbocycles. The van der Waals surface area contributed by atoms with Crippen LogP contribution >= 0.6 is 11.3 Å². The third-order valence-corrected chi connectivity index (χ3v) is 7.11. The van der Waals surface area contributed by atoms with E-state index >= 15 is 0 Å². The minimum absolute atomic E-state index is 0.278. The second kappa shape index (κ2) is 9.71. The van der Waals surface area contributed by atoms with Crippen molar-refractivity contribution in [1.29, 1.82) is 0 Å². The number of aryl methyl sites for hydroxylation is 1. The Balaban J connectivity index is 1.49. The van der Waals surface area contributed by atoms with Gasteiger partial charge in [-0.1, -0.05) is 38.0 Å². The number of nitrogens with zero attached hydrogens (tertiary/aromatic N) is 6. The van der Waals surface area contributed by atoms with E-state index < -0.39 is 0 Å². The van der Waals surface area contributed by atoms with E-state index in [4.69, 9.17) is 0 Å². The Morgan fingerprint density at radius 1 is 1.07 bits per heavy atom. The Bertz CT molecular complexity index is 927. The summed E-state index contributed by atoms with van der Waals surface area (Å²) in [5.74, 6) is 1.01. The number of piperazine rings is 1. The second-order valence-corrected chi connectivity index (χ2v) is 9.21. The fourth-order valence-corrected chi connectivity index (χ4v) is 5.02. The van der Waals surface area contributed by atoms with Gasteiger partial charge in [-0.25, -0.2) is 4.68 Å². The van der Waals surface area contributed by atoms with E-state index in [1.165, 1.54) is 34.5 Å². The van der Waals surface area contributed by atoms with E-state index in [9.17, 15) is 0 Å². The van der Waals surface area contributed by atoms with Crippen LogP contribution in [0.4, 0.5) is 5.69 Å². The molecule has 0 radical (unpaired) electrons. The summed E-state index contributed by atoms with van der Waals surface area (Å²) in [6, 6.07) is 11.1. The van der Waals surface area contributed by atoms with Crippen molar-refractivity contribution < 1.29 is 0 Å². The van der Waals surface area contributed by atoms with Crippen LogP contribution < -0.4 is 4.90 Å². The monoisotopic (exact) mass is 424 g/mol. The Labute approximate surface area is 183 Å². The van der Waals surface area contributed by atoms with E-state index in [0.29, 0.717) is 0 Å². The van der Waals surface area contributed by atoms with Gasteiger partial charge in [0.25, 0.3) is 0 Å². The average molecular weight is 425 g/mol. The topological polar surface area (TPSA) is 50.1 Å². The molecule has 0 aliphatic carbocycles. The van der Waals surface area contributed by atoms with Gasteiger partial charge in [-0.2, -0.15) is 0 Å². The van der Waals surface area contributed by atoms with E-state index in [1.54, 1.807) is 11.3 Å². The van der Waals surface area contributed by atoms with E-state index in [1.807, 2.05) is 4.68 Å². The van der Waals surface area contributed by atoms with Crippen LogP contribution in [0.3, 0.4) is 0 Å². The van der Waals surface area contributed by atoms with Crippen LogP contribution in [0.25, 0.3) is 0 Å². The van der Waals surface area contributed by atoms with E-state index in [0.717, 1.165) is 45.0 Å². The van der Waals surface area contributed by atoms with Crippen LogP contribution in [-0.4, -0.2) is 51.3 Å². The molecule has 1 aliphatic rings. The molecule has 0 spiro atoms. The maximum Gasteiger partial charge on any atom is 0.168 e. The molecule has 3 aromatic rings. The highest BCUT2D eigenvalue weighted by molar-refractivity contribution is 7.09. The summed E-state index contributed by atoms with van der Waals surface area (Å²) < 4.78 is 2.00. The standard InChI is InChI=1S/C23H32N6S/c1-4-5-10-22(23-24-25-26-29(23)17-20-9-7-16-30-20)28-14-12-27(13-15-28)21-11-6-8-18(2)19(21)3/h6-9,11,16,22H,4-5,10,12-15,17H2,1-3H3. The predicted octanol–water partition coefficient (Wildman–Crippen LogP) is 4.45. The van der Waals surface area contributed by atoms with Gasteiger partial charge in [0, 0.05) is 36.7 Å². The largest absolute Gasteiger partial charge is 0.369 e. The Kier molecular flexibility index (Phi) is 6.79. The van der Waals surface area contributed by atoms with Gasteiger partial charge in [0.15, 0.2) is 5.82 Å². The Morgan fingerprint density at radius 2 is 1.90 bits per heavy atom. The van der Waals surface area contributed by atoms with Gasteiger partial charge >= 0.3 is 0 Å². The molecule has 4 rings (SSSR count).